The Morgan fingerprint density at radius 1 is 1.33 bits per heavy atom. The highest BCUT2D eigenvalue weighted by molar-refractivity contribution is 9.10. The SMILES string of the molecule is O=C(NS(=O)(=O)c1cccnc1)c1ccc(Br)o1. The normalized spacial score (nSPS) is 11.2. The summed E-state index contributed by atoms with van der Waals surface area (Å²) in [6, 6.07) is 5.65. The lowest BCUT2D eigenvalue weighted by Gasteiger charge is -2.04. The zero-order valence-electron chi connectivity index (χ0n) is 8.83. The van der Waals surface area contributed by atoms with Crippen LogP contribution in [-0.2, 0) is 10.0 Å². The number of rotatable bonds is 3. The fraction of sp³-hybridized carbons (Fsp3) is 0. The maximum Gasteiger partial charge on any atom is 0.300 e. The van der Waals surface area contributed by atoms with Crippen LogP contribution >= 0.6 is 15.9 Å². The van der Waals surface area contributed by atoms with Gasteiger partial charge in [-0.1, -0.05) is 0 Å². The number of carbonyl (C=O) groups excluding carboxylic acids is 1. The van der Waals surface area contributed by atoms with E-state index in [1.165, 1.54) is 30.5 Å². The third kappa shape index (κ3) is 2.77. The molecular weight excluding hydrogens is 324 g/mol. The molecule has 0 aliphatic rings. The number of halogens is 1. The van der Waals surface area contributed by atoms with Gasteiger partial charge in [-0.05, 0) is 40.2 Å². The monoisotopic (exact) mass is 330 g/mol. The van der Waals surface area contributed by atoms with Gasteiger partial charge in [0.2, 0.25) is 0 Å². The number of nitrogens with one attached hydrogen (secondary N) is 1. The van der Waals surface area contributed by atoms with Crippen LogP contribution in [0.2, 0.25) is 0 Å². The summed E-state index contributed by atoms with van der Waals surface area (Å²) in [7, 11) is -3.94. The molecule has 2 heterocycles. The summed E-state index contributed by atoms with van der Waals surface area (Å²) in [6.07, 6.45) is 2.58. The van der Waals surface area contributed by atoms with Crippen molar-refractivity contribution in [3.05, 3.63) is 47.1 Å². The number of carbonyl (C=O) groups is 1. The summed E-state index contributed by atoms with van der Waals surface area (Å²) in [4.78, 5) is 15.2. The molecule has 1 N–H and O–H groups in total. The zero-order valence-corrected chi connectivity index (χ0v) is 11.2. The number of aromatic nitrogens is 1. The van der Waals surface area contributed by atoms with Gasteiger partial charge in [-0.3, -0.25) is 9.78 Å². The molecule has 1 amide bonds. The van der Waals surface area contributed by atoms with Gasteiger partial charge in [-0.2, -0.15) is 0 Å². The molecule has 0 saturated carbocycles. The minimum absolute atomic E-state index is 0.0935. The van der Waals surface area contributed by atoms with Crippen LogP contribution in [-0.4, -0.2) is 19.3 Å². The topological polar surface area (TPSA) is 89.3 Å². The first-order chi connectivity index (χ1) is 8.49. The van der Waals surface area contributed by atoms with Gasteiger partial charge in [-0.15, -0.1) is 0 Å². The molecular formula is C10H7BrN2O4S. The molecule has 2 aromatic heterocycles. The first-order valence-electron chi connectivity index (χ1n) is 4.71. The predicted octanol–water partition coefficient (Wildman–Crippen LogP) is 1.56. The molecule has 0 aliphatic heterocycles. The molecule has 0 atom stereocenters. The lowest BCUT2D eigenvalue weighted by Crippen LogP contribution is -2.30. The van der Waals surface area contributed by atoms with E-state index in [0.29, 0.717) is 4.67 Å². The third-order valence-electron chi connectivity index (χ3n) is 1.97. The molecule has 6 nitrogen and oxygen atoms in total. The fourth-order valence-corrected chi connectivity index (χ4v) is 2.40. The molecule has 2 rings (SSSR count). The average molecular weight is 331 g/mol. The van der Waals surface area contributed by atoms with E-state index in [4.69, 9.17) is 4.42 Å². The minimum Gasteiger partial charge on any atom is -0.444 e. The second-order valence-electron chi connectivity index (χ2n) is 3.23. The number of hydrogen-bond acceptors (Lipinski definition) is 5. The minimum atomic E-state index is -3.94. The standard InChI is InChI=1S/C10H7BrN2O4S/c11-9-4-3-8(17-9)10(14)13-18(15,16)7-2-1-5-12-6-7/h1-6H,(H,13,14). The predicted molar refractivity (Wildman–Crippen MR) is 65.3 cm³/mol. The Hall–Kier alpha value is -1.67. The van der Waals surface area contributed by atoms with Crippen LogP contribution in [0.15, 0.2) is 50.6 Å². The van der Waals surface area contributed by atoms with Gasteiger partial charge in [0.1, 0.15) is 4.90 Å². The van der Waals surface area contributed by atoms with Gasteiger partial charge in [0, 0.05) is 12.4 Å². The lowest BCUT2D eigenvalue weighted by molar-refractivity contribution is 0.0953. The molecule has 0 unspecified atom stereocenters. The second kappa shape index (κ2) is 4.91. The molecule has 0 bridgehead atoms. The number of nitrogens with zero attached hydrogens (tertiary/aromatic N) is 1. The Morgan fingerprint density at radius 2 is 2.11 bits per heavy atom. The Bertz CT molecular complexity index is 666. The lowest BCUT2D eigenvalue weighted by atomic mass is 10.4. The maximum atomic E-state index is 11.8. The van der Waals surface area contributed by atoms with Crippen molar-refractivity contribution >= 4 is 31.9 Å². The molecule has 0 aromatic carbocycles. The summed E-state index contributed by atoms with van der Waals surface area (Å²) in [5.41, 5.74) is 0. The summed E-state index contributed by atoms with van der Waals surface area (Å²) < 4.78 is 30.8. The van der Waals surface area contributed by atoms with Crippen molar-refractivity contribution in [2.75, 3.05) is 0 Å². The van der Waals surface area contributed by atoms with Gasteiger partial charge < -0.3 is 4.42 Å². The van der Waals surface area contributed by atoms with Gasteiger partial charge in [-0.25, -0.2) is 13.1 Å². The highest BCUT2D eigenvalue weighted by Gasteiger charge is 2.20. The van der Waals surface area contributed by atoms with E-state index >= 15 is 0 Å². The van der Waals surface area contributed by atoms with Crippen molar-refractivity contribution in [1.82, 2.24) is 9.71 Å². The zero-order chi connectivity index (χ0) is 13.2. The van der Waals surface area contributed by atoms with Crippen molar-refractivity contribution in [2.45, 2.75) is 4.90 Å². The van der Waals surface area contributed by atoms with Crippen molar-refractivity contribution in [3.63, 3.8) is 0 Å². The van der Waals surface area contributed by atoms with E-state index in [2.05, 4.69) is 20.9 Å². The molecule has 8 heteroatoms. The molecule has 0 saturated heterocycles. The Balaban J connectivity index is 2.22. The largest absolute Gasteiger partial charge is 0.444 e. The Labute approximate surface area is 111 Å². The Kier molecular flexibility index (Phi) is 3.48. The number of amides is 1. The smallest absolute Gasteiger partial charge is 0.300 e. The molecule has 0 aliphatic carbocycles. The number of hydrogen-bond donors (Lipinski definition) is 1. The molecule has 0 spiro atoms. The highest BCUT2D eigenvalue weighted by atomic mass is 79.9. The quantitative estimate of drug-likeness (QED) is 0.922. The fourth-order valence-electron chi connectivity index (χ4n) is 1.17. The van der Waals surface area contributed by atoms with E-state index < -0.39 is 15.9 Å². The van der Waals surface area contributed by atoms with Crippen LogP contribution in [0.5, 0.6) is 0 Å². The summed E-state index contributed by atoms with van der Waals surface area (Å²) in [5.74, 6) is -0.945. The first-order valence-corrected chi connectivity index (χ1v) is 6.99. The Morgan fingerprint density at radius 3 is 2.67 bits per heavy atom. The number of pyridine rings is 1. The molecule has 2 aromatic rings. The van der Waals surface area contributed by atoms with Gasteiger partial charge in [0.15, 0.2) is 10.4 Å². The summed E-state index contributed by atoms with van der Waals surface area (Å²) >= 11 is 3.02. The maximum absolute atomic E-state index is 11.8. The number of sulfonamides is 1. The van der Waals surface area contributed by atoms with Crippen molar-refractivity contribution in [3.8, 4) is 0 Å². The van der Waals surface area contributed by atoms with Crippen LogP contribution in [0.3, 0.4) is 0 Å². The van der Waals surface area contributed by atoms with E-state index in [9.17, 15) is 13.2 Å². The van der Waals surface area contributed by atoms with E-state index in [1.807, 2.05) is 4.72 Å². The van der Waals surface area contributed by atoms with Crippen molar-refractivity contribution in [2.24, 2.45) is 0 Å². The summed E-state index contributed by atoms with van der Waals surface area (Å²) in [6.45, 7) is 0. The molecule has 0 radical (unpaired) electrons. The van der Waals surface area contributed by atoms with Crippen LogP contribution in [0.1, 0.15) is 10.6 Å². The average Bonchev–Trinajstić information content (AvgIpc) is 2.77. The molecule has 0 fully saturated rings. The number of furan rings is 1. The van der Waals surface area contributed by atoms with Crippen molar-refractivity contribution in [1.29, 1.82) is 0 Å². The molecule has 18 heavy (non-hydrogen) atoms. The van der Waals surface area contributed by atoms with Gasteiger partial charge >= 0.3 is 5.91 Å². The van der Waals surface area contributed by atoms with Crippen LogP contribution in [0.25, 0.3) is 0 Å². The van der Waals surface area contributed by atoms with Gasteiger partial charge in [0.25, 0.3) is 10.0 Å². The van der Waals surface area contributed by atoms with E-state index in [-0.39, 0.29) is 10.7 Å². The molecule has 94 valence electrons. The van der Waals surface area contributed by atoms with E-state index in [1.54, 1.807) is 0 Å². The second-order valence-corrected chi connectivity index (χ2v) is 5.69. The van der Waals surface area contributed by atoms with Crippen LogP contribution in [0.4, 0.5) is 0 Å². The van der Waals surface area contributed by atoms with Crippen LogP contribution in [0, 0.1) is 0 Å². The van der Waals surface area contributed by atoms with Gasteiger partial charge in [0.05, 0.1) is 0 Å². The first kappa shape index (κ1) is 12.8. The van der Waals surface area contributed by atoms with Crippen molar-refractivity contribution < 1.29 is 17.6 Å². The van der Waals surface area contributed by atoms with E-state index in [0.717, 1.165) is 6.20 Å². The highest BCUT2D eigenvalue weighted by Crippen LogP contribution is 2.14. The third-order valence-corrected chi connectivity index (χ3v) is 3.71. The summed E-state index contributed by atoms with van der Waals surface area (Å²) in [5, 5.41) is 0. The van der Waals surface area contributed by atoms with Crippen LogP contribution < -0.4 is 4.72 Å².